The molecule has 0 aromatic rings. The van der Waals surface area contributed by atoms with Crippen LogP contribution in [0, 0.1) is 5.92 Å². The number of hydrogen-bond acceptors (Lipinski definition) is 4. The van der Waals surface area contributed by atoms with Crippen molar-refractivity contribution < 1.29 is 14.6 Å². The predicted octanol–water partition coefficient (Wildman–Crippen LogP) is 2.59. The van der Waals surface area contributed by atoms with E-state index in [1.807, 2.05) is 0 Å². The SMILES string of the molecule is OC(COCC1CCCO1)CN1CCCC1C1CCCCC1. The zero-order valence-corrected chi connectivity index (χ0v) is 13.9. The molecule has 0 amide bonds. The summed E-state index contributed by atoms with van der Waals surface area (Å²) < 4.78 is 11.2. The molecule has 3 unspecified atom stereocenters. The summed E-state index contributed by atoms with van der Waals surface area (Å²) in [7, 11) is 0. The van der Waals surface area contributed by atoms with Crippen molar-refractivity contribution >= 4 is 0 Å². The van der Waals surface area contributed by atoms with Crippen LogP contribution in [0.25, 0.3) is 0 Å². The first-order valence-corrected chi connectivity index (χ1v) is 9.44. The lowest BCUT2D eigenvalue weighted by atomic mass is 9.83. The average molecular weight is 311 g/mol. The highest BCUT2D eigenvalue weighted by Gasteiger charge is 2.33. The molecule has 2 aliphatic heterocycles. The molecule has 4 heteroatoms. The van der Waals surface area contributed by atoms with Gasteiger partial charge in [0, 0.05) is 19.2 Å². The van der Waals surface area contributed by atoms with Gasteiger partial charge in [0.15, 0.2) is 0 Å². The quantitative estimate of drug-likeness (QED) is 0.785. The topological polar surface area (TPSA) is 41.9 Å². The van der Waals surface area contributed by atoms with Crippen molar-refractivity contribution in [3.63, 3.8) is 0 Å². The molecule has 0 bridgehead atoms. The van der Waals surface area contributed by atoms with Gasteiger partial charge in [-0.15, -0.1) is 0 Å². The lowest BCUT2D eigenvalue weighted by Gasteiger charge is -2.35. The summed E-state index contributed by atoms with van der Waals surface area (Å²) in [4.78, 5) is 2.54. The van der Waals surface area contributed by atoms with Crippen molar-refractivity contribution in [3.05, 3.63) is 0 Å². The average Bonchev–Trinajstić information content (AvgIpc) is 3.20. The Labute approximate surface area is 135 Å². The van der Waals surface area contributed by atoms with Gasteiger partial charge in [-0.25, -0.2) is 0 Å². The van der Waals surface area contributed by atoms with Crippen LogP contribution in [0.4, 0.5) is 0 Å². The highest BCUT2D eigenvalue weighted by molar-refractivity contribution is 4.87. The molecule has 0 aromatic carbocycles. The summed E-state index contributed by atoms with van der Waals surface area (Å²) in [6.07, 6.45) is 11.8. The van der Waals surface area contributed by atoms with Gasteiger partial charge in [0.25, 0.3) is 0 Å². The smallest absolute Gasteiger partial charge is 0.0900 e. The van der Waals surface area contributed by atoms with Crippen LogP contribution >= 0.6 is 0 Å². The number of ether oxygens (including phenoxy) is 2. The standard InChI is InChI=1S/C18H33NO3/c20-16(13-21-14-17-8-5-11-22-17)12-19-10-4-9-18(19)15-6-2-1-3-7-15/h15-18,20H,1-14H2. The van der Waals surface area contributed by atoms with Crippen LogP contribution in [-0.2, 0) is 9.47 Å². The van der Waals surface area contributed by atoms with E-state index in [2.05, 4.69) is 4.90 Å². The van der Waals surface area contributed by atoms with Gasteiger partial charge in [0.2, 0.25) is 0 Å². The van der Waals surface area contributed by atoms with E-state index in [4.69, 9.17) is 9.47 Å². The molecule has 1 saturated carbocycles. The van der Waals surface area contributed by atoms with Crippen LogP contribution in [0.2, 0.25) is 0 Å². The molecular formula is C18H33NO3. The lowest BCUT2D eigenvalue weighted by molar-refractivity contribution is -0.0284. The van der Waals surface area contributed by atoms with Gasteiger partial charge < -0.3 is 14.6 Å². The van der Waals surface area contributed by atoms with E-state index in [1.54, 1.807) is 0 Å². The number of hydrogen-bond donors (Lipinski definition) is 1. The Balaban J connectivity index is 1.36. The Kier molecular flexibility index (Phi) is 6.54. The summed E-state index contributed by atoms with van der Waals surface area (Å²) in [6.45, 7) is 3.90. The van der Waals surface area contributed by atoms with Gasteiger partial charge in [-0.3, -0.25) is 4.90 Å². The molecule has 1 N–H and O–H groups in total. The number of likely N-dealkylation sites (tertiary alicyclic amines) is 1. The van der Waals surface area contributed by atoms with Gasteiger partial charge >= 0.3 is 0 Å². The van der Waals surface area contributed by atoms with Gasteiger partial charge in [0.05, 0.1) is 25.4 Å². The van der Waals surface area contributed by atoms with Gasteiger partial charge in [-0.2, -0.15) is 0 Å². The predicted molar refractivity (Wildman–Crippen MR) is 87.0 cm³/mol. The Hall–Kier alpha value is -0.160. The number of aliphatic hydroxyl groups is 1. The molecule has 0 aromatic heterocycles. The van der Waals surface area contributed by atoms with Crippen molar-refractivity contribution in [1.82, 2.24) is 4.90 Å². The molecule has 4 nitrogen and oxygen atoms in total. The fraction of sp³-hybridized carbons (Fsp3) is 1.00. The largest absolute Gasteiger partial charge is 0.389 e. The third-order valence-electron chi connectivity index (χ3n) is 5.69. The number of rotatable bonds is 7. The summed E-state index contributed by atoms with van der Waals surface area (Å²) in [6, 6.07) is 0.716. The molecule has 128 valence electrons. The Morgan fingerprint density at radius 1 is 1.05 bits per heavy atom. The molecule has 1 aliphatic carbocycles. The molecule has 2 heterocycles. The van der Waals surface area contributed by atoms with E-state index in [0.717, 1.165) is 38.5 Å². The van der Waals surface area contributed by atoms with E-state index < -0.39 is 0 Å². The van der Waals surface area contributed by atoms with Crippen LogP contribution in [0.1, 0.15) is 57.8 Å². The zero-order chi connectivity index (χ0) is 15.2. The second kappa shape index (κ2) is 8.62. The van der Waals surface area contributed by atoms with Gasteiger partial charge in [-0.05, 0) is 51.0 Å². The molecule has 3 rings (SSSR count). The monoisotopic (exact) mass is 311 g/mol. The molecule has 2 saturated heterocycles. The fourth-order valence-electron chi connectivity index (χ4n) is 4.57. The molecule has 3 atom stereocenters. The van der Waals surface area contributed by atoms with E-state index in [-0.39, 0.29) is 12.2 Å². The third-order valence-corrected chi connectivity index (χ3v) is 5.69. The van der Waals surface area contributed by atoms with Crippen molar-refractivity contribution in [1.29, 1.82) is 0 Å². The molecule has 0 radical (unpaired) electrons. The minimum absolute atomic E-state index is 0.258. The second-order valence-electron chi connectivity index (χ2n) is 7.43. The molecular weight excluding hydrogens is 278 g/mol. The Bertz CT molecular complexity index is 313. The summed E-state index contributed by atoms with van der Waals surface area (Å²) in [5.74, 6) is 0.872. The maximum atomic E-state index is 10.3. The first-order chi connectivity index (χ1) is 10.8. The minimum Gasteiger partial charge on any atom is -0.389 e. The van der Waals surface area contributed by atoms with E-state index in [1.165, 1.54) is 44.9 Å². The first kappa shape index (κ1) is 16.7. The van der Waals surface area contributed by atoms with Crippen LogP contribution in [0.3, 0.4) is 0 Å². The van der Waals surface area contributed by atoms with Crippen LogP contribution < -0.4 is 0 Å². The van der Waals surface area contributed by atoms with Gasteiger partial charge in [0.1, 0.15) is 0 Å². The first-order valence-electron chi connectivity index (χ1n) is 9.44. The van der Waals surface area contributed by atoms with E-state index in [0.29, 0.717) is 19.3 Å². The number of nitrogens with zero attached hydrogens (tertiary/aromatic N) is 1. The number of aliphatic hydroxyl groups excluding tert-OH is 1. The third kappa shape index (κ3) is 4.67. The Morgan fingerprint density at radius 3 is 2.68 bits per heavy atom. The highest BCUT2D eigenvalue weighted by atomic mass is 16.5. The van der Waals surface area contributed by atoms with Crippen LogP contribution in [0.15, 0.2) is 0 Å². The van der Waals surface area contributed by atoms with Gasteiger partial charge in [-0.1, -0.05) is 19.3 Å². The van der Waals surface area contributed by atoms with Crippen LogP contribution in [-0.4, -0.2) is 61.2 Å². The normalized spacial score (nSPS) is 32.6. The summed E-state index contributed by atoms with van der Waals surface area (Å²) in [5.41, 5.74) is 0. The van der Waals surface area contributed by atoms with Crippen LogP contribution in [0.5, 0.6) is 0 Å². The highest BCUT2D eigenvalue weighted by Crippen LogP contribution is 2.34. The van der Waals surface area contributed by atoms with Crippen molar-refractivity contribution in [2.75, 3.05) is 32.9 Å². The van der Waals surface area contributed by atoms with Crippen molar-refractivity contribution in [3.8, 4) is 0 Å². The maximum absolute atomic E-state index is 10.3. The molecule has 0 spiro atoms. The second-order valence-corrected chi connectivity index (χ2v) is 7.43. The Morgan fingerprint density at radius 2 is 1.91 bits per heavy atom. The molecule has 22 heavy (non-hydrogen) atoms. The summed E-state index contributed by atoms with van der Waals surface area (Å²) >= 11 is 0. The minimum atomic E-state index is -0.356. The number of β-amino-alcohol motifs (C(OH)–C–C–N with tert-alkyl or cyclic N) is 1. The maximum Gasteiger partial charge on any atom is 0.0900 e. The molecule has 3 aliphatic rings. The zero-order valence-electron chi connectivity index (χ0n) is 13.9. The van der Waals surface area contributed by atoms with E-state index in [9.17, 15) is 5.11 Å². The fourth-order valence-corrected chi connectivity index (χ4v) is 4.57. The van der Waals surface area contributed by atoms with Crippen molar-refractivity contribution in [2.45, 2.75) is 76.0 Å². The lowest BCUT2D eigenvalue weighted by Crippen LogP contribution is -2.42. The summed E-state index contributed by atoms with van der Waals surface area (Å²) in [5, 5.41) is 10.3. The van der Waals surface area contributed by atoms with E-state index >= 15 is 0 Å². The molecule has 3 fully saturated rings. The van der Waals surface area contributed by atoms with Crippen molar-refractivity contribution in [2.24, 2.45) is 5.92 Å².